The normalized spacial score (nSPS) is 13.3. The molecule has 1 rings (SSSR count). The molecule has 0 aromatic heterocycles. The fourth-order valence-corrected chi connectivity index (χ4v) is 3.78. The average molecular weight is 334 g/mol. The van der Waals surface area contributed by atoms with Gasteiger partial charge >= 0.3 is 0 Å². The summed E-state index contributed by atoms with van der Waals surface area (Å²) in [5.41, 5.74) is 0.746. The third kappa shape index (κ3) is 5.94. The van der Waals surface area contributed by atoms with Crippen LogP contribution in [-0.2, 0) is 16.6 Å². The molecule has 0 saturated heterocycles. The number of hydrogen-bond acceptors (Lipinski definition) is 4. The molecule has 1 unspecified atom stereocenters. The molecule has 0 amide bonds. The Kier molecular flexibility index (Phi) is 7.65. The Morgan fingerprint density at radius 2 is 2.10 bits per heavy atom. The topological polar surface area (TPSA) is 58.2 Å². The van der Waals surface area contributed by atoms with Gasteiger partial charge in [-0.2, -0.15) is 11.8 Å². The van der Waals surface area contributed by atoms with Crippen LogP contribution in [0.15, 0.2) is 23.1 Å². The molecule has 120 valence electrons. The lowest BCUT2D eigenvalue weighted by atomic mass is 10.2. The summed E-state index contributed by atoms with van der Waals surface area (Å²) in [4.78, 5) is -0.283. The highest BCUT2D eigenvalue weighted by atomic mass is 32.2. The number of thioether (sulfide) groups is 1. The minimum absolute atomic E-state index is 0.197. The Morgan fingerprint density at radius 3 is 2.71 bits per heavy atom. The maximum atomic E-state index is 13.8. The monoisotopic (exact) mass is 334 g/mol. The van der Waals surface area contributed by atoms with Crippen LogP contribution in [0.4, 0.5) is 4.39 Å². The van der Waals surface area contributed by atoms with Gasteiger partial charge in [-0.15, -0.1) is 0 Å². The van der Waals surface area contributed by atoms with Crippen molar-refractivity contribution in [3.8, 4) is 0 Å². The van der Waals surface area contributed by atoms with E-state index in [0.29, 0.717) is 13.1 Å². The Balaban J connectivity index is 2.86. The molecule has 1 aromatic rings. The molecule has 0 aliphatic rings. The number of halogens is 1. The van der Waals surface area contributed by atoms with Crippen molar-refractivity contribution in [1.82, 2.24) is 10.0 Å². The van der Waals surface area contributed by atoms with Crippen LogP contribution < -0.4 is 10.0 Å². The summed E-state index contributed by atoms with van der Waals surface area (Å²) in [6, 6.07) is 4.18. The minimum Gasteiger partial charge on any atom is -0.313 e. The van der Waals surface area contributed by atoms with Crippen LogP contribution in [0.25, 0.3) is 0 Å². The maximum absolute atomic E-state index is 13.8. The number of benzene rings is 1. The molecule has 1 atom stereocenters. The van der Waals surface area contributed by atoms with Crippen molar-refractivity contribution in [2.24, 2.45) is 5.92 Å². The molecule has 0 aliphatic carbocycles. The Labute approximate surface area is 131 Å². The van der Waals surface area contributed by atoms with Gasteiger partial charge in [0.2, 0.25) is 10.0 Å². The minimum atomic E-state index is -3.81. The van der Waals surface area contributed by atoms with Crippen molar-refractivity contribution in [2.75, 3.05) is 25.1 Å². The largest absolute Gasteiger partial charge is 0.313 e. The molecule has 1 aromatic carbocycles. The molecule has 0 radical (unpaired) electrons. The Hall–Kier alpha value is -0.630. The molecule has 0 saturated carbocycles. The van der Waals surface area contributed by atoms with Crippen molar-refractivity contribution in [3.05, 3.63) is 29.6 Å². The fraction of sp³-hybridized carbons (Fsp3) is 0.571. The predicted octanol–water partition coefficient (Wildman–Crippen LogP) is 2.21. The molecule has 2 N–H and O–H groups in total. The first-order valence-corrected chi connectivity index (χ1v) is 9.76. The second-order valence-electron chi connectivity index (χ2n) is 4.96. The summed E-state index contributed by atoms with van der Waals surface area (Å²) in [6.45, 7) is 5.50. The third-order valence-electron chi connectivity index (χ3n) is 2.94. The maximum Gasteiger partial charge on any atom is 0.243 e. The molecule has 21 heavy (non-hydrogen) atoms. The highest BCUT2D eigenvalue weighted by molar-refractivity contribution is 7.98. The fourth-order valence-electron chi connectivity index (χ4n) is 1.81. The predicted molar refractivity (Wildman–Crippen MR) is 86.5 cm³/mol. The van der Waals surface area contributed by atoms with Crippen molar-refractivity contribution in [2.45, 2.75) is 25.3 Å². The third-order valence-corrected chi connectivity index (χ3v) is 5.28. The second-order valence-corrected chi connectivity index (χ2v) is 7.60. The van der Waals surface area contributed by atoms with Crippen LogP contribution in [0.3, 0.4) is 0 Å². The molecule has 4 nitrogen and oxygen atoms in total. The van der Waals surface area contributed by atoms with Crippen LogP contribution in [-0.4, -0.2) is 33.5 Å². The van der Waals surface area contributed by atoms with E-state index in [1.165, 1.54) is 12.1 Å². The summed E-state index contributed by atoms with van der Waals surface area (Å²) in [7, 11) is -3.81. The van der Waals surface area contributed by atoms with E-state index in [9.17, 15) is 12.8 Å². The summed E-state index contributed by atoms with van der Waals surface area (Å²) in [5.74, 6) is 0.328. The zero-order valence-corrected chi connectivity index (χ0v) is 14.3. The van der Waals surface area contributed by atoms with Gasteiger partial charge < -0.3 is 5.32 Å². The van der Waals surface area contributed by atoms with E-state index in [1.807, 2.05) is 20.1 Å². The molecule has 0 aliphatic heterocycles. The van der Waals surface area contributed by atoms with Crippen molar-refractivity contribution in [1.29, 1.82) is 0 Å². The van der Waals surface area contributed by atoms with Gasteiger partial charge in [0.25, 0.3) is 0 Å². The van der Waals surface area contributed by atoms with Gasteiger partial charge in [0.05, 0.1) is 0 Å². The molecule has 0 fully saturated rings. The quantitative estimate of drug-likeness (QED) is 0.727. The number of hydrogen-bond donors (Lipinski definition) is 2. The number of nitrogens with one attached hydrogen (secondary N) is 2. The molecule has 7 heteroatoms. The molecule has 0 spiro atoms. The van der Waals surface area contributed by atoms with E-state index in [1.54, 1.807) is 17.8 Å². The van der Waals surface area contributed by atoms with E-state index in [0.717, 1.165) is 17.9 Å². The highest BCUT2D eigenvalue weighted by Gasteiger charge is 2.20. The first-order valence-electron chi connectivity index (χ1n) is 6.88. The van der Waals surface area contributed by atoms with E-state index in [-0.39, 0.29) is 10.8 Å². The molecular formula is C14H23FN2O2S2. The Morgan fingerprint density at radius 1 is 1.38 bits per heavy atom. The molecular weight excluding hydrogens is 311 g/mol. The average Bonchev–Trinajstić information content (AvgIpc) is 2.44. The second kappa shape index (κ2) is 8.73. The van der Waals surface area contributed by atoms with Gasteiger partial charge in [-0.1, -0.05) is 19.9 Å². The van der Waals surface area contributed by atoms with E-state index in [4.69, 9.17) is 0 Å². The van der Waals surface area contributed by atoms with Gasteiger partial charge in [-0.25, -0.2) is 17.5 Å². The molecule has 0 heterocycles. The van der Waals surface area contributed by atoms with E-state index >= 15 is 0 Å². The lowest BCUT2D eigenvalue weighted by molar-refractivity contribution is 0.544. The van der Waals surface area contributed by atoms with Gasteiger partial charge in [-0.3, -0.25) is 0 Å². The summed E-state index contributed by atoms with van der Waals surface area (Å²) >= 11 is 1.65. The number of rotatable bonds is 9. The van der Waals surface area contributed by atoms with E-state index < -0.39 is 15.8 Å². The van der Waals surface area contributed by atoms with Crippen LogP contribution in [0.5, 0.6) is 0 Å². The smallest absolute Gasteiger partial charge is 0.243 e. The summed E-state index contributed by atoms with van der Waals surface area (Å²) in [6.07, 6.45) is 1.97. The Bertz CT molecular complexity index is 550. The van der Waals surface area contributed by atoms with E-state index in [2.05, 4.69) is 10.0 Å². The van der Waals surface area contributed by atoms with Gasteiger partial charge in [0, 0.05) is 13.1 Å². The van der Waals surface area contributed by atoms with Gasteiger partial charge in [0.1, 0.15) is 10.7 Å². The van der Waals surface area contributed by atoms with Crippen LogP contribution in [0.1, 0.15) is 19.4 Å². The molecule has 0 bridgehead atoms. The summed E-state index contributed by atoms with van der Waals surface area (Å²) in [5, 5.41) is 3.09. The van der Waals surface area contributed by atoms with Crippen LogP contribution >= 0.6 is 11.8 Å². The lowest BCUT2D eigenvalue weighted by Crippen LogP contribution is -2.30. The van der Waals surface area contributed by atoms with Crippen LogP contribution in [0, 0.1) is 11.7 Å². The zero-order chi connectivity index (χ0) is 15.9. The summed E-state index contributed by atoms with van der Waals surface area (Å²) < 4.78 is 40.7. The first-order chi connectivity index (χ1) is 9.90. The first kappa shape index (κ1) is 18.4. The van der Waals surface area contributed by atoms with Gasteiger partial charge in [-0.05, 0) is 42.2 Å². The van der Waals surface area contributed by atoms with Gasteiger partial charge in [0.15, 0.2) is 0 Å². The lowest BCUT2D eigenvalue weighted by Gasteiger charge is -2.13. The zero-order valence-electron chi connectivity index (χ0n) is 12.6. The van der Waals surface area contributed by atoms with Crippen LogP contribution in [0.2, 0.25) is 0 Å². The SMILES string of the molecule is CCNCc1ccc(F)c(S(=O)(=O)NCC(C)CSC)c1. The van der Waals surface area contributed by atoms with Crippen molar-refractivity contribution < 1.29 is 12.8 Å². The van der Waals surface area contributed by atoms with Crippen molar-refractivity contribution >= 4 is 21.8 Å². The number of sulfonamides is 1. The highest BCUT2D eigenvalue weighted by Crippen LogP contribution is 2.17. The van der Waals surface area contributed by atoms with Crippen molar-refractivity contribution in [3.63, 3.8) is 0 Å². The standard InChI is InChI=1S/C14H23FN2O2S2/c1-4-16-9-12-5-6-13(15)14(7-12)21(18,19)17-8-11(2)10-20-3/h5-7,11,16-17H,4,8-10H2,1-3H3.